The summed E-state index contributed by atoms with van der Waals surface area (Å²) in [4.78, 5) is 41.1. The fourth-order valence-corrected chi connectivity index (χ4v) is 9.63. The van der Waals surface area contributed by atoms with Gasteiger partial charge in [-0.05, 0) is 122 Å². The number of carbonyl (C=O) groups excluding carboxylic acids is 2. The van der Waals surface area contributed by atoms with E-state index in [0.717, 1.165) is 44.4 Å². The summed E-state index contributed by atoms with van der Waals surface area (Å²) in [6.45, 7) is 13.1. The number of carbonyl (C=O) groups is 2. The van der Waals surface area contributed by atoms with Crippen LogP contribution < -0.4 is 15.0 Å². The Morgan fingerprint density at radius 2 is 1.87 bits per heavy atom. The number of rotatable bonds is 8. The van der Waals surface area contributed by atoms with E-state index in [1.807, 2.05) is 27.7 Å². The maximum atomic E-state index is 14.4. The topological polar surface area (TPSA) is 90.9 Å². The number of amides is 2. The highest BCUT2D eigenvalue weighted by Gasteiger charge is 2.54. The predicted molar refractivity (Wildman–Crippen MR) is 174 cm³/mol. The molecule has 0 radical (unpaired) electrons. The number of nitrogens with one attached hydrogen (secondary N) is 1. The lowest BCUT2D eigenvalue weighted by Gasteiger charge is -2.56. The molecular weight excluding hydrogens is 583 g/mol. The summed E-state index contributed by atoms with van der Waals surface area (Å²) in [7, 11) is 0. The first-order valence-electron chi connectivity index (χ1n) is 17.4. The fourth-order valence-electron chi connectivity index (χ4n) is 9.63. The van der Waals surface area contributed by atoms with E-state index >= 15 is 0 Å². The third-order valence-corrected chi connectivity index (χ3v) is 11.9. The van der Waals surface area contributed by atoms with Crippen LogP contribution in [0.25, 0.3) is 0 Å². The number of likely N-dealkylation sites (tertiary alicyclic amines) is 1. The monoisotopic (exact) mass is 632 g/mol. The molecule has 3 aliphatic heterocycles. The number of aromatic nitrogens is 2. The molecular formula is C36H49FN6O3. The lowest BCUT2D eigenvalue weighted by atomic mass is 9.55. The van der Waals surface area contributed by atoms with Gasteiger partial charge in [-0.15, -0.1) is 0 Å². The molecule has 2 aromatic rings. The highest BCUT2D eigenvalue weighted by molar-refractivity contribution is 5.97. The second-order valence-corrected chi connectivity index (χ2v) is 15.4. The smallest absolute Gasteiger partial charge is 0.258 e. The average molecular weight is 633 g/mol. The van der Waals surface area contributed by atoms with Gasteiger partial charge in [-0.3, -0.25) is 9.59 Å². The summed E-state index contributed by atoms with van der Waals surface area (Å²) >= 11 is 0. The van der Waals surface area contributed by atoms with Gasteiger partial charge in [-0.2, -0.15) is 0 Å². The molecule has 2 amide bonds. The van der Waals surface area contributed by atoms with Gasteiger partial charge in [0.25, 0.3) is 5.91 Å². The Hall–Kier alpha value is -3.27. The van der Waals surface area contributed by atoms with Crippen LogP contribution in [0.2, 0.25) is 0 Å². The zero-order chi connectivity index (χ0) is 32.2. The minimum atomic E-state index is -0.481. The number of anilines is 1. The van der Waals surface area contributed by atoms with Crippen molar-refractivity contribution < 1.29 is 18.7 Å². The largest absolute Gasteiger partial charge is 0.451 e. The molecule has 1 aromatic heterocycles. The molecule has 3 saturated carbocycles. The van der Waals surface area contributed by atoms with Crippen LogP contribution in [0, 0.1) is 29.0 Å². The second kappa shape index (κ2) is 12.1. The van der Waals surface area contributed by atoms with Gasteiger partial charge < -0.3 is 24.8 Å². The van der Waals surface area contributed by atoms with Crippen LogP contribution in [-0.2, 0) is 4.79 Å². The molecule has 6 aliphatic rings. The van der Waals surface area contributed by atoms with Crippen molar-refractivity contribution >= 4 is 17.6 Å². The van der Waals surface area contributed by atoms with Crippen LogP contribution in [0.3, 0.4) is 0 Å². The first-order chi connectivity index (χ1) is 22.0. The molecule has 9 nitrogen and oxygen atoms in total. The van der Waals surface area contributed by atoms with Crippen LogP contribution in [0.4, 0.5) is 10.2 Å². The van der Waals surface area contributed by atoms with Gasteiger partial charge in [0.15, 0.2) is 11.6 Å². The number of ether oxygens (including phenoxy) is 1. The maximum Gasteiger partial charge on any atom is 0.258 e. The van der Waals surface area contributed by atoms with Gasteiger partial charge in [0, 0.05) is 49.1 Å². The number of halogens is 1. The maximum absolute atomic E-state index is 14.4. The van der Waals surface area contributed by atoms with Crippen LogP contribution in [-0.4, -0.2) is 81.9 Å². The molecule has 6 fully saturated rings. The van der Waals surface area contributed by atoms with Crippen molar-refractivity contribution in [3.63, 3.8) is 0 Å². The van der Waals surface area contributed by atoms with E-state index in [1.54, 1.807) is 11.1 Å². The Bertz CT molecular complexity index is 1460. The standard InChI is InChI=1S/C36H49FN6O3/c1-23(2)43(24(3)4)34(45)29-16-28(37)7-8-30(29)46-31-18-38-22-39-33(31)42-20-35(21-42)11-13-41(14-12-35)19-26-15-27-6-5-25(26)17-36(27)10-9-32(44)40-36/h7-8,16,18,22-27H,5-6,9-15,17,19-21H2,1-4H3,(H,40,44). The predicted octanol–water partition coefficient (Wildman–Crippen LogP) is 5.65. The molecule has 1 aromatic carbocycles. The van der Waals surface area contributed by atoms with Crippen LogP contribution >= 0.6 is 0 Å². The summed E-state index contributed by atoms with van der Waals surface area (Å²) < 4.78 is 20.7. The highest BCUT2D eigenvalue weighted by atomic mass is 19.1. The van der Waals surface area contributed by atoms with Crippen molar-refractivity contribution in [3.8, 4) is 11.5 Å². The summed E-state index contributed by atoms with van der Waals surface area (Å²) in [5, 5.41) is 3.40. The van der Waals surface area contributed by atoms with E-state index < -0.39 is 5.82 Å². The minimum absolute atomic E-state index is 0.0472. The van der Waals surface area contributed by atoms with Crippen molar-refractivity contribution in [1.82, 2.24) is 25.1 Å². The van der Waals surface area contributed by atoms with E-state index in [4.69, 9.17) is 4.74 Å². The van der Waals surface area contributed by atoms with Gasteiger partial charge in [-0.25, -0.2) is 14.4 Å². The van der Waals surface area contributed by atoms with Gasteiger partial charge in [0.1, 0.15) is 17.9 Å². The Labute approximate surface area is 272 Å². The Morgan fingerprint density at radius 1 is 1.11 bits per heavy atom. The minimum Gasteiger partial charge on any atom is -0.451 e. The first-order valence-corrected chi connectivity index (χ1v) is 17.4. The fraction of sp³-hybridized carbons (Fsp3) is 0.667. The normalized spacial score (nSPS) is 28.6. The zero-order valence-electron chi connectivity index (χ0n) is 27.8. The average Bonchev–Trinajstić information content (AvgIpc) is 3.37. The molecule has 4 unspecified atom stereocenters. The van der Waals surface area contributed by atoms with Crippen molar-refractivity contribution in [1.29, 1.82) is 0 Å². The zero-order valence-corrected chi connectivity index (χ0v) is 27.8. The van der Waals surface area contributed by atoms with E-state index in [2.05, 4.69) is 25.1 Å². The van der Waals surface area contributed by atoms with Crippen LogP contribution in [0.1, 0.15) is 89.4 Å². The Kier molecular flexibility index (Phi) is 8.22. The first kappa shape index (κ1) is 31.3. The molecule has 1 N–H and O–H groups in total. The lowest BCUT2D eigenvalue weighted by molar-refractivity contribution is -0.121. The summed E-state index contributed by atoms with van der Waals surface area (Å²) in [6, 6.07) is 4.00. The number of nitrogens with zero attached hydrogens (tertiary/aromatic N) is 5. The molecule has 4 atom stereocenters. The van der Waals surface area contributed by atoms with Crippen molar-refractivity contribution in [2.24, 2.45) is 23.2 Å². The van der Waals surface area contributed by atoms with Crippen molar-refractivity contribution in [3.05, 3.63) is 42.1 Å². The summed E-state index contributed by atoms with van der Waals surface area (Å²) in [6.07, 6.45) is 12.3. The van der Waals surface area contributed by atoms with Crippen LogP contribution in [0.5, 0.6) is 11.5 Å². The van der Waals surface area contributed by atoms with Gasteiger partial charge in [-0.1, -0.05) is 0 Å². The molecule has 3 aliphatic carbocycles. The summed E-state index contributed by atoms with van der Waals surface area (Å²) in [5.41, 5.74) is 0.575. The van der Waals surface area contributed by atoms with E-state index in [1.165, 1.54) is 69.6 Å². The van der Waals surface area contributed by atoms with Gasteiger partial charge in [0.2, 0.25) is 5.91 Å². The van der Waals surface area contributed by atoms with Crippen molar-refractivity contribution in [2.75, 3.05) is 37.6 Å². The third kappa shape index (κ3) is 5.75. The quantitative estimate of drug-likeness (QED) is 0.402. The number of hydrogen-bond donors (Lipinski definition) is 1. The number of fused-ring (bicyclic) bond motifs is 2. The van der Waals surface area contributed by atoms with Crippen LogP contribution in [0.15, 0.2) is 30.7 Å². The molecule has 2 spiro atoms. The highest BCUT2D eigenvalue weighted by Crippen LogP contribution is 2.54. The molecule has 4 heterocycles. The lowest BCUT2D eigenvalue weighted by Crippen LogP contribution is -2.62. The molecule has 248 valence electrons. The molecule has 2 bridgehead atoms. The number of hydrogen-bond acceptors (Lipinski definition) is 7. The Balaban J connectivity index is 0.970. The SMILES string of the molecule is CC(C)N(C(=O)c1cc(F)ccc1Oc1cncnc1N1CC2(CCN(CC3CC4CCC3CC43CCC(=O)N3)CC2)C1)C(C)C. The van der Waals surface area contributed by atoms with Gasteiger partial charge >= 0.3 is 0 Å². The van der Waals surface area contributed by atoms with E-state index in [-0.39, 0.29) is 40.4 Å². The Morgan fingerprint density at radius 3 is 2.52 bits per heavy atom. The molecule has 3 saturated heterocycles. The van der Waals surface area contributed by atoms with Gasteiger partial charge in [0.05, 0.1) is 11.8 Å². The van der Waals surface area contributed by atoms with E-state index in [9.17, 15) is 14.0 Å². The van der Waals surface area contributed by atoms with Crippen molar-refractivity contribution in [2.45, 2.75) is 96.7 Å². The molecule has 8 rings (SSSR count). The molecule has 10 heteroatoms. The third-order valence-electron chi connectivity index (χ3n) is 11.9. The number of piperidine rings is 1. The second-order valence-electron chi connectivity index (χ2n) is 15.4. The molecule has 46 heavy (non-hydrogen) atoms. The number of benzene rings is 1. The summed E-state index contributed by atoms with van der Waals surface area (Å²) in [5.74, 6) is 3.15. The van der Waals surface area contributed by atoms with E-state index in [0.29, 0.717) is 29.7 Å².